The summed E-state index contributed by atoms with van der Waals surface area (Å²) in [5.74, 6) is 0.450. The van der Waals surface area contributed by atoms with Crippen molar-refractivity contribution in [3.63, 3.8) is 0 Å². The van der Waals surface area contributed by atoms with Crippen molar-refractivity contribution in [1.29, 1.82) is 5.26 Å². The van der Waals surface area contributed by atoms with Gasteiger partial charge in [0.15, 0.2) is 11.4 Å². The fourth-order valence-corrected chi connectivity index (χ4v) is 4.39. The molecule has 6 heteroatoms. The molecule has 0 unspecified atom stereocenters. The van der Waals surface area contributed by atoms with Gasteiger partial charge in [0, 0.05) is 30.5 Å². The van der Waals surface area contributed by atoms with Crippen LogP contribution in [0, 0.1) is 18.3 Å². The van der Waals surface area contributed by atoms with Crippen molar-refractivity contribution in [2.75, 3.05) is 10.2 Å². The zero-order chi connectivity index (χ0) is 22.2. The molecular weight excluding hydrogens is 398 g/mol. The van der Waals surface area contributed by atoms with Gasteiger partial charge in [-0.1, -0.05) is 42.5 Å². The minimum atomic E-state index is -0.333. The highest BCUT2D eigenvalue weighted by molar-refractivity contribution is 5.64. The fourth-order valence-electron chi connectivity index (χ4n) is 4.39. The molecule has 0 saturated carbocycles. The van der Waals surface area contributed by atoms with Gasteiger partial charge in [0.1, 0.15) is 11.7 Å². The lowest BCUT2D eigenvalue weighted by Crippen LogP contribution is -2.27. The number of aryl methyl sites for hydroxylation is 1. The highest BCUT2D eigenvalue weighted by Gasteiger charge is 2.26. The molecule has 5 rings (SSSR count). The Hall–Kier alpha value is -4.11. The van der Waals surface area contributed by atoms with Gasteiger partial charge >= 0.3 is 0 Å². The van der Waals surface area contributed by atoms with Crippen molar-refractivity contribution in [1.82, 2.24) is 9.38 Å². The summed E-state index contributed by atoms with van der Waals surface area (Å²) < 4.78 is 1.51. The van der Waals surface area contributed by atoms with Crippen LogP contribution in [-0.4, -0.2) is 9.38 Å². The number of rotatable bonds is 4. The van der Waals surface area contributed by atoms with Crippen molar-refractivity contribution in [3.05, 3.63) is 105 Å². The van der Waals surface area contributed by atoms with Crippen LogP contribution in [-0.2, 0) is 13.1 Å². The quantitative estimate of drug-likeness (QED) is 0.523. The van der Waals surface area contributed by atoms with Gasteiger partial charge < -0.3 is 10.2 Å². The Kier molecular flexibility index (Phi) is 4.87. The second kappa shape index (κ2) is 7.86. The first-order valence-electron chi connectivity index (χ1n) is 10.7. The van der Waals surface area contributed by atoms with Gasteiger partial charge in [0.2, 0.25) is 0 Å². The number of pyridine rings is 1. The minimum Gasteiger partial charge on any atom is -0.378 e. The smallest absolute Gasteiger partial charge is 0.278 e. The molecule has 0 amide bonds. The minimum absolute atomic E-state index is 0.0792. The standard InChI is InChI=1S/C26H23N5O/c1-17-12-22(18(2)28-21-10-4-3-5-11-21)25-29-24(23(13-27)26(32)31(25)14-17)30-15-19-8-6-7-9-20(19)16-30/h3-12,14,18,28H,15-16H2,1-2H3/t18-/m1/s1. The first kappa shape index (κ1) is 19.8. The number of aromatic nitrogens is 2. The lowest BCUT2D eigenvalue weighted by atomic mass is 10.1. The Morgan fingerprint density at radius 3 is 2.38 bits per heavy atom. The average Bonchev–Trinajstić information content (AvgIpc) is 3.23. The second-order valence-electron chi connectivity index (χ2n) is 8.25. The van der Waals surface area contributed by atoms with E-state index in [-0.39, 0.29) is 17.2 Å². The van der Waals surface area contributed by atoms with Crippen molar-refractivity contribution in [3.8, 4) is 6.07 Å². The third kappa shape index (κ3) is 3.38. The predicted molar refractivity (Wildman–Crippen MR) is 126 cm³/mol. The summed E-state index contributed by atoms with van der Waals surface area (Å²) in [4.78, 5) is 20.3. The molecule has 2 aromatic heterocycles. The molecule has 4 aromatic rings. The molecule has 0 saturated heterocycles. The molecule has 0 spiro atoms. The van der Waals surface area contributed by atoms with Gasteiger partial charge in [-0.15, -0.1) is 0 Å². The summed E-state index contributed by atoms with van der Waals surface area (Å²) in [6.45, 7) is 5.26. The number of anilines is 2. The molecule has 3 heterocycles. The lowest BCUT2D eigenvalue weighted by Gasteiger charge is -2.22. The maximum absolute atomic E-state index is 13.3. The second-order valence-corrected chi connectivity index (χ2v) is 8.25. The topological polar surface area (TPSA) is 73.4 Å². The van der Waals surface area contributed by atoms with Gasteiger partial charge in [-0.05, 0) is 48.7 Å². The number of fused-ring (bicyclic) bond motifs is 2. The number of benzene rings is 2. The van der Waals surface area contributed by atoms with Gasteiger partial charge in [0.25, 0.3) is 5.56 Å². The van der Waals surface area contributed by atoms with Crippen LogP contribution in [0.1, 0.15) is 40.8 Å². The summed E-state index contributed by atoms with van der Waals surface area (Å²) >= 11 is 0. The van der Waals surface area contributed by atoms with E-state index >= 15 is 0 Å². The Labute approximate surface area is 186 Å². The molecule has 0 fully saturated rings. The van der Waals surface area contributed by atoms with Crippen molar-refractivity contribution in [2.45, 2.75) is 33.0 Å². The summed E-state index contributed by atoms with van der Waals surface area (Å²) in [5, 5.41) is 13.3. The van der Waals surface area contributed by atoms with Crippen LogP contribution in [0.4, 0.5) is 11.5 Å². The molecule has 2 aromatic carbocycles. The SMILES string of the molecule is Cc1cc([C@@H](C)Nc2ccccc2)c2nc(N3Cc4ccccc4C3)c(C#N)c(=O)n2c1. The monoisotopic (exact) mass is 421 g/mol. The van der Waals surface area contributed by atoms with E-state index in [1.165, 1.54) is 15.5 Å². The van der Waals surface area contributed by atoms with Crippen LogP contribution in [0.5, 0.6) is 0 Å². The third-order valence-electron chi connectivity index (χ3n) is 5.95. The summed E-state index contributed by atoms with van der Waals surface area (Å²) in [6.07, 6.45) is 1.76. The van der Waals surface area contributed by atoms with Gasteiger partial charge in [-0.2, -0.15) is 5.26 Å². The fraction of sp³-hybridized carbons (Fsp3) is 0.192. The van der Waals surface area contributed by atoms with Crippen molar-refractivity contribution < 1.29 is 0 Å². The van der Waals surface area contributed by atoms with Gasteiger partial charge in [0.05, 0.1) is 6.04 Å². The van der Waals surface area contributed by atoms with E-state index in [4.69, 9.17) is 4.98 Å². The molecule has 1 atom stereocenters. The molecule has 0 aliphatic carbocycles. The molecular formula is C26H23N5O. The molecule has 32 heavy (non-hydrogen) atoms. The number of nitrogens with zero attached hydrogens (tertiary/aromatic N) is 4. The van der Waals surface area contributed by atoms with Gasteiger partial charge in [-0.25, -0.2) is 4.98 Å². The molecule has 6 nitrogen and oxygen atoms in total. The zero-order valence-electron chi connectivity index (χ0n) is 18.0. The lowest BCUT2D eigenvalue weighted by molar-refractivity contribution is 0.829. The highest BCUT2D eigenvalue weighted by Crippen LogP contribution is 2.30. The average molecular weight is 422 g/mol. The number of para-hydroxylation sites is 1. The normalized spacial score (nSPS) is 13.6. The molecule has 1 aliphatic rings. The molecule has 0 radical (unpaired) electrons. The van der Waals surface area contributed by atoms with E-state index in [1.54, 1.807) is 6.20 Å². The number of hydrogen-bond acceptors (Lipinski definition) is 5. The molecule has 1 N–H and O–H groups in total. The van der Waals surface area contributed by atoms with Crippen LogP contribution in [0.3, 0.4) is 0 Å². The van der Waals surface area contributed by atoms with E-state index in [0.29, 0.717) is 24.6 Å². The summed E-state index contributed by atoms with van der Waals surface area (Å²) in [7, 11) is 0. The number of nitriles is 1. The molecule has 0 bridgehead atoms. The highest BCUT2D eigenvalue weighted by atomic mass is 16.1. The van der Waals surface area contributed by atoms with Crippen LogP contribution in [0.15, 0.2) is 71.7 Å². The van der Waals surface area contributed by atoms with E-state index in [2.05, 4.69) is 36.5 Å². The summed E-state index contributed by atoms with van der Waals surface area (Å²) in [6, 6.07) is 22.2. The van der Waals surface area contributed by atoms with Crippen LogP contribution in [0.25, 0.3) is 5.65 Å². The van der Waals surface area contributed by atoms with E-state index < -0.39 is 0 Å². The van der Waals surface area contributed by atoms with Crippen molar-refractivity contribution >= 4 is 17.2 Å². The van der Waals surface area contributed by atoms with E-state index in [1.807, 2.05) is 54.3 Å². The predicted octanol–water partition coefficient (Wildman–Crippen LogP) is 4.57. The van der Waals surface area contributed by atoms with Crippen LogP contribution < -0.4 is 15.8 Å². The number of hydrogen-bond donors (Lipinski definition) is 1. The summed E-state index contributed by atoms with van der Waals surface area (Å²) in [5.41, 5.74) is 5.54. The van der Waals surface area contributed by atoms with Crippen LogP contribution >= 0.6 is 0 Å². The van der Waals surface area contributed by atoms with Crippen molar-refractivity contribution in [2.24, 2.45) is 0 Å². The molecule has 1 aliphatic heterocycles. The Morgan fingerprint density at radius 1 is 1.06 bits per heavy atom. The Balaban J connectivity index is 1.65. The third-order valence-corrected chi connectivity index (χ3v) is 5.95. The first-order chi connectivity index (χ1) is 15.5. The van der Waals surface area contributed by atoms with E-state index in [0.717, 1.165) is 16.8 Å². The maximum Gasteiger partial charge on any atom is 0.278 e. The Bertz CT molecular complexity index is 1390. The van der Waals surface area contributed by atoms with Gasteiger partial charge in [-0.3, -0.25) is 9.20 Å². The van der Waals surface area contributed by atoms with Crippen LogP contribution in [0.2, 0.25) is 0 Å². The maximum atomic E-state index is 13.3. The molecule has 158 valence electrons. The Morgan fingerprint density at radius 2 is 1.72 bits per heavy atom. The van der Waals surface area contributed by atoms with E-state index in [9.17, 15) is 10.1 Å². The zero-order valence-corrected chi connectivity index (χ0v) is 18.0. The number of nitrogens with one attached hydrogen (secondary N) is 1. The first-order valence-corrected chi connectivity index (χ1v) is 10.7. The largest absolute Gasteiger partial charge is 0.378 e.